The highest BCUT2D eigenvalue weighted by molar-refractivity contribution is 5.71. The monoisotopic (exact) mass is 453 g/mol. The summed E-state index contributed by atoms with van der Waals surface area (Å²) in [5.41, 5.74) is 6.22. The Morgan fingerprint density at radius 1 is 0.853 bits per heavy atom. The van der Waals surface area contributed by atoms with Crippen LogP contribution in [0.3, 0.4) is 0 Å². The van der Waals surface area contributed by atoms with Crippen molar-refractivity contribution >= 4 is 5.69 Å². The first-order valence-corrected chi connectivity index (χ1v) is 11.8. The lowest BCUT2D eigenvalue weighted by Crippen LogP contribution is -2.36. The van der Waals surface area contributed by atoms with E-state index in [1.807, 2.05) is 36.7 Å². The Morgan fingerprint density at radius 3 is 2.29 bits per heavy atom. The Morgan fingerprint density at radius 2 is 1.62 bits per heavy atom. The van der Waals surface area contributed by atoms with Crippen LogP contribution in [0.5, 0.6) is 0 Å². The van der Waals surface area contributed by atoms with Crippen LogP contribution in [-0.4, -0.2) is 45.8 Å². The second-order valence-corrected chi connectivity index (χ2v) is 9.72. The molecule has 4 aromatic rings. The van der Waals surface area contributed by atoms with E-state index in [0.717, 1.165) is 66.2 Å². The van der Waals surface area contributed by atoms with Crippen LogP contribution in [0.2, 0.25) is 0 Å². The molecular weight excluding hydrogens is 422 g/mol. The van der Waals surface area contributed by atoms with Crippen LogP contribution >= 0.6 is 0 Å². The van der Waals surface area contributed by atoms with Gasteiger partial charge >= 0.3 is 0 Å². The Hall–Kier alpha value is -3.51. The molecule has 6 heteroatoms. The van der Waals surface area contributed by atoms with Gasteiger partial charge in [0.1, 0.15) is 11.6 Å². The normalized spacial score (nSPS) is 14.4. The highest BCUT2D eigenvalue weighted by atomic mass is 16.5. The second-order valence-electron chi connectivity index (χ2n) is 9.72. The van der Waals surface area contributed by atoms with E-state index >= 15 is 0 Å². The summed E-state index contributed by atoms with van der Waals surface area (Å²) < 4.78 is 7.65. The maximum atomic E-state index is 5.48. The van der Waals surface area contributed by atoms with Crippen molar-refractivity contribution in [3.05, 3.63) is 78.5 Å². The molecule has 1 aromatic carbocycles. The third kappa shape index (κ3) is 4.33. The van der Waals surface area contributed by atoms with E-state index in [1.165, 1.54) is 5.69 Å². The summed E-state index contributed by atoms with van der Waals surface area (Å²) in [5.74, 6) is 1.88. The largest absolute Gasteiger partial charge is 0.378 e. The predicted octanol–water partition coefficient (Wildman–Crippen LogP) is 5.44. The molecule has 0 spiro atoms. The smallest absolute Gasteiger partial charge is 0.138 e. The first-order valence-electron chi connectivity index (χ1n) is 11.8. The molecule has 34 heavy (non-hydrogen) atoms. The minimum Gasteiger partial charge on any atom is -0.378 e. The zero-order chi connectivity index (χ0) is 23.7. The minimum atomic E-state index is -0.133. The van der Waals surface area contributed by atoms with Crippen molar-refractivity contribution in [3.63, 3.8) is 0 Å². The van der Waals surface area contributed by atoms with E-state index in [9.17, 15) is 0 Å². The summed E-state index contributed by atoms with van der Waals surface area (Å²) in [6, 6.07) is 18.8. The van der Waals surface area contributed by atoms with E-state index in [0.29, 0.717) is 0 Å². The SMILES string of the molecule is Cc1c(-c2ccnc(-c3ccc(N4CCOCC4)cc3)c2)nc(C(C)(C)C)n1-c1ccccn1. The van der Waals surface area contributed by atoms with Crippen LogP contribution < -0.4 is 4.90 Å². The van der Waals surface area contributed by atoms with Crippen LogP contribution in [0.1, 0.15) is 32.3 Å². The summed E-state index contributed by atoms with van der Waals surface area (Å²) in [5, 5.41) is 0. The summed E-state index contributed by atoms with van der Waals surface area (Å²) in [7, 11) is 0. The summed E-state index contributed by atoms with van der Waals surface area (Å²) >= 11 is 0. The van der Waals surface area contributed by atoms with Gasteiger partial charge in [-0.25, -0.2) is 9.97 Å². The fourth-order valence-electron chi connectivity index (χ4n) is 4.44. The van der Waals surface area contributed by atoms with Gasteiger partial charge in [0.05, 0.1) is 24.6 Å². The van der Waals surface area contributed by atoms with E-state index in [2.05, 4.69) is 77.5 Å². The van der Waals surface area contributed by atoms with Gasteiger partial charge in [0.2, 0.25) is 0 Å². The van der Waals surface area contributed by atoms with Gasteiger partial charge in [-0.1, -0.05) is 39.0 Å². The quantitative estimate of drug-likeness (QED) is 0.412. The Bertz CT molecular complexity index is 1270. The molecule has 0 atom stereocenters. The number of hydrogen-bond acceptors (Lipinski definition) is 5. The van der Waals surface area contributed by atoms with Crippen LogP contribution in [-0.2, 0) is 10.2 Å². The number of hydrogen-bond donors (Lipinski definition) is 0. The van der Waals surface area contributed by atoms with Crippen molar-refractivity contribution < 1.29 is 4.74 Å². The van der Waals surface area contributed by atoms with E-state index in [-0.39, 0.29) is 5.41 Å². The molecule has 0 saturated carbocycles. The molecule has 0 bridgehead atoms. The van der Waals surface area contributed by atoms with Gasteiger partial charge in [-0.05, 0) is 43.3 Å². The van der Waals surface area contributed by atoms with Crippen LogP contribution in [0, 0.1) is 6.92 Å². The molecule has 0 unspecified atom stereocenters. The standard InChI is InChI=1S/C28H31N5O/c1-20-26(31-27(28(2,3)4)33(20)25-7-5-6-13-30-25)22-12-14-29-24(19-22)21-8-10-23(11-9-21)32-15-17-34-18-16-32/h5-14,19H,15-18H2,1-4H3. The molecule has 174 valence electrons. The van der Waals surface area contributed by atoms with Gasteiger partial charge in [0.25, 0.3) is 0 Å². The fraction of sp³-hybridized carbons (Fsp3) is 0.321. The van der Waals surface area contributed by atoms with Gasteiger partial charge in [-0.3, -0.25) is 9.55 Å². The topological polar surface area (TPSA) is 56.1 Å². The van der Waals surface area contributed by atoms with Crippen molar-refractivity contribution in [1.82, 2.24) is 19.5 Å². The number of aromatic nitrogens is 4. The maximum Gasteiger partial charge on any atom is 0.138 e. The lowest BCUT2D eigenvalue weighted by atomic mass is 9.95. The number of nitrogens with zero attached hydrogens (tertiary/aromatic N) is 5. The summed E-state index contributed by atoms with van der Waals surface area (Å²) in [6.07, 6.45) is 3.70. The van der Waals surface area contributed by atoms with Crippen LogP contribution in [0.25, 0.3) is 28.3 Å². The Balaban J connectivity index is 1.52. The first kappa shape index (κ1) is 22.3. The molecule has 1 aliphatic rings. The molecule has 0 radical (unpaired) electrons. The van der Waals surface area contributed by atoms with Crippen LogP contribution in [0.15, 0.2) is 67.0 Å². The zero-order valence-electron chi connectivity index (χ0n) is 20.3. The zero-order valence-corrected chi connectivity index (χ0v) is 20.3. The number of ether oxygens (including phenoxy) is 1. The molecular formula is C28H31N5O. The molecule has 0 aliphatic carbocycles. The summed E-state index contributed by atoms with van der Waals surface area (Å²) in [4.78, 5) is 16.7. The summed E-state index contributed by atoms with van der Waals surface area (Å²) in [6.45, 7) is 12.1. The van der Waals surface area contributed by atoms with Crippen molar-refractivity contribution in [2.75, 3.05) is 31.2 Å². The minimum absolute atomic E-state index is 0.133. The average Bonchev–Trinajstić information content (AvgIpc) is 3.23. The van der Waals surface area contributed by atoms with Crippen molar-refractivity contribution in [3.8, 4) is 28.3 Å². The van der Waals surface area contributed by atoms with Crippen molar-refractivity contribution in [1.29, 1.82) is 0 Å². The van der Waals surface area contributed by atoms with E-state index in [4.69, 9.17) is 9.72 Å². The predicted molar refractivity (Wildman–Crippen MR) is 136 cm³/mol. The van der Waals surface area contributed by atoms with Gasteiger partial charge in [-0.2, -0.15) is 0 Å². The van der Waals surface area contributed by atoms with Crippen molar-refractivity contribution in [2.45, 2.75) is 33.1 Å². The third-order valence-corrected chi connectivity index (χ3v) is 6.23. The fourth-order valence-corrected chi connectivity index (χ4v) is 4.44. The second kappa shape index (κ2) is 9.03. The molecule has 0 N–H and O–H groups in total. The van der Waals surface area contributed by atoms with E-state index < -0.39 is 0 Å². The number of benzene rings is 1. The third-order valence-electron chi connectivity index (χ3n) is 6.23. The Kier molecular flexibility index (Phi) is 5.92. The number of morpholine rings is 1. The highest BCUT2D eigenvalue weighted by Gasteiger charge is 2.26. The lowest BCUT2D eigenvalue weighted by Gasteiger charge is -2.28. The number of imidazole rings is 1. The molecule has 1 fully saturated rings. The number of anilines is 1. The molecule has 5 rings (SSSR count). The molecule has 0 amide bonds. The Labute approximate surface area is 201 Å². The molecule has 4 heterocycles. The average molecular weight is 454 g/mol. The molecule has 6 nitrogen and oxygen atoms in total. The van der Waals surface area contributed by atoms with Gasteiger partial charge in [0, 0.05) is 53.4 Å². The molecule has 3 aromatic heterocycles. The first-order chi connectivity index (χ1) is 16.4. The van der Waals surface area contributed by atoms with Crippen molar-refractivity contribution in [2.24, 2.45) is 0 Å². The van der Waals surface area contributed by atoms with E-state index in [1.54, 1.807) is 0 Å². The highest BCUT2D eigenvalue weighted by Crippen LogP contribution is 2.33. The number of pyridine rings is 2. The van der Waals surface area contributed by atoms with Gasteiger partial charge < -0.3 is 9.64 Å². The van der Waals surface area contributed by atoms with Gasteiger partial charge in [0.15, 0.2) is 0 Å². The molecule has 1 aliphatic heterocycles. The number of rotatable bonds is 4. The van der Waals surface area contributed by atoms with Gasteiger partial charge in [-0.15, -0.1) is 0 Å². The van der Waals surface area contributed by atoms with Crippen LogP contribution in [0.4, 0.5) is 5.69 Å². The maximum absolute atomic E-state index is 5.48. The molecule has 1 saturated heterocycles. The lowest BCUT2D eigenvalue weighted by molar-refractivity contribution is 0.122.